The Morgan fingerprint density at radius 2 is 1.69 bits per heavy atom. The van der Waals surface area contributed by atoms with E-state index in [0.29, 0.717) is 29.9 Å². The predicted molar refractivity (Wildman–Crippen MR) is 127 cm³/mol. The summed E-state index contributed by atoms with van der Waals surface area (Å²) in [7, 11) is 1.62. The summed E-state index contributed by atoms with van der Waals surface area (Å²) in [5.41, 5.74) is 4.50. The fourth-order valence-corrected chi connectivity index (χ4v) is 3.59. The molecule has 0 bridgehead atoms. The van der Waals surface area contributed by atoms with Crippen molar-refractivity contribution in [2.45, 2.75) is 13.3 Å². The van der Waals surface area contributed by atoms with Crippen LogP contribution in [0.1, 0.15) is 18.1 Å². The van der Waals surface area contributed by atoms with Crippen molar-refractivity contribution in [2.75, 3.05) is 13.7 Å². The molecular formula is C26H25N3O3. The van der Waals surface area contributed by atoms with Crippen LogP contribution in [-0.4, -0.2) is 34.3 Å². The lowest BCUT2D eigenvalue weighted by molar-refractivity contribution is 0.415. The zero-order valence-corrected chi connectivity index (χ0v) is 18.1. The molecule has 1 aromatic heterocycles. The summed E-state index contributed by atoms with van der Waals surface area (Å²) in [4.78, 5) is 18.1. The smallest absolute Gasteiger partial charge is 0.280 e. The molecule has 32 heavy (non-hydrogen) atoms. The van der Waals surface area contributed by atoms with E-state index in [2.05, 4.69) is 5.10 Å². The van der Waals surface area contributed by atoms with Crippen LogP contribution in [0.25, 0.3) is 16.9 Å². The molecule has 0 aliphatic carbocycles. The normalized spacial score (nSPS) is 11.5. The number of aromatic hydroxyl groups is 1. The van der Waals surface area contributed by atoms with Gasteiger partial charge in [0.15, 0.2) is 0 Å². The Balaban J connectivity index is 1.72. The number of rotatable bonds is 7. The van der Waals surface area contributed by atoms with E-state index >= 15 is 0 Å². The highest BCUT2D eigenvalue weighted by molar-refractivity contribution is 6.03. The maximum Gasteiger partial charge on any atom is 0.280 e. The van der Waals surface area contributed by atoms with Crippen molar-refractivity contribution in [1.29, 1.82) is 0 Å². The van der Waals surface area contributed by atoms with Crippen molar-refractivity contribution < 1.29 is 9.84 Å². The van der Waals surface area contributed by atoms with E-state index in [1.165, 1.54) is 0 Å². The van der Waals surface area contributed by atoms with Crippen LogP contribution in [0.3, 0.4) is 0 Å². The molecule has 4 rings (SSSR count). The summed E-state index contributed by atoms with van der Waals surface area (Å²) in [6.07, 6.45) is 0.715. The molecule has 0 atom stereocenters. The summed E-state index contributed by atoms with van der Waals surface area (Å²) in [6.45, 7) is 2.40. The lowest BCUT2D eigenvalue weighted by atomic mass is 10.0. The minimum absolute atomic E-state index is 0.145. The van der Waals surface area contributed by atoms with Crippen molar-refractivity contribution in [3.05, 3.63) is 100 Å². The number of nitrogens with zero attached hydrogens (tertiary/aromatic N) is 2. The van der Waals surface area contributed by atoms with E-state index in [-0.39, 0.29) is 11.3 Å². The first-order valence-electron chi connectivity index (χ1n) is 10.4. The Kier molecular flexibility index (Phi) is 6.22. The number of ether oxygens (including phenoxy) is 1. The third-order valence-corrected chi connectivity index (χ3v) is 5.33. The number of hydrogen-bond donors (Lipinski definition) is 2. The third kappa shape index (κ3) is 4.49. The first kappa shape index (κ1) is 21.2. The topological polar surface area (TPSA) is 79.6 Å². The van der Waals surface area contributed by atoms with Crippen molar-refractivity contribution in [3.8, 4) is 28.4 Å². The zero-order valence-electron chi connectivity index (χ0n) is 18.1. The van der Waals surface area contributed by atoms with Crippen molar-refractivity contribution in [1.82, 2.24) is 9.78 Å². The summed E-state index contributed by atoms with van der Waals surface area (Å²) in [5, 5.41) is 12.7. The van der Waals surface area contributed by atoms with Gasteiger partial charge in [0.2, 0.25) is 0 Å². The molecule has 0 saturated heterocycles. The van der Waals surface area contributed by atoms with Gasteiger partial charge in [0.1, 0.15) is 11.5 Å². The van der Waals surface area contributed by atoms with Crippen LogP contribution in [-0.2, 0) is 6.42 Å². The average Bonchev–Trinajstić information content (AvgIpc) is 3.18. The Hall–Kier alpha value is -4.06. The van der Waals surface area contributed by atoms with Crippen LogP contribution < -0.4 is 10.3 Å². The van der Waals surface area contributed by atoms with Crippen molar-refractivity contribution >= 4 is 5.71 Å². The molecule has 0 radical (unpaired) electrons. The Bertz CT molecular complexity index is 1270. The van der Waals surface area contributed by atoms with Gasteiger partial charge in [-0.15, -0.1) is 0 Å². The molecule has 0 aliphatic heterocycles. The van der Waals surface area contributed by atoms with E-state index in [9.17, 15) is 9.90 Å². The number of benzene rings is 3. The van der Waals surface area contributed by atoms with Gasteiger partial charge in [0.05, 0.1) is 24.1 Å². The number of aromatic nitrogens is 2. The number of phenols is 1. The largest absolute Gasteiger partial charge is 0.508 e. The minimum atomic E-state index is -0.145. The van der Waals surface area contributed by atoms with E-state index in [1.807, 2.05) is 73.7 Å². The quantitative estimate of drug-likeness (QED) is 0.423. The second-order valence-electron chi connectivity index (χ2n) is 7.45. The van der Waals surface area contributed by atoms with Gasteiger partial charge in [-0.25, -0.2) is 4.68 Å². The van der Waals surface area contributed by atoms with Gasteiger partial charge < -0.3 is 9.84 Å². The van der Waals surface area contributed by atoms with Crippen LogP contribution in [0.15, 0.2) is 88.6 Å². The summed E-state index contributed by atoms with van der Waals surface area (Å²) in [6, 6.07) is 24.1. The molecule has 0 saturated carbocycles. The molecule has 0 aliphatic rings. The highest BCUT2D eigenvalue weighted by Gasteiger charge is 2.19. The summed E-state index contributed by atoms with van der Waals surface area (Å²) < 4.78 is 6.82. The van der Waals surface area contributed by atoms with Gasteiger partial charge in [0, 0.05) is 17.8 Å². The monoisotopic (exact) mass is 427 g/mol. The minimum Gasteiger partial charge on any atom is -0.508 e. The first-order valence-corrected chi connectivity index (χ1v) is 10.4. The molecule has 162 valence electrons. The van der Waals surface area contributed by atoms with Crippen LogP contribution in [0.2, 0.25) is 0 Å². The highest BCUT2D eigenvalue weighted by Crippen LogP contribution is 2.24. The molecule has 6 heteroatoms. The summed E-state index contributed by atoms with van der Waals surface area (Å²) in [5.74, 6) is 0.991. The predicted octanol–water partition coefficient (Wildman–Crippen LogP) is 4.60. The van der Waals surface area contributed by atoms with Gasteiger partial charge in [-0.3, -0.25) is 14.9 Å². The number of hydrogen-bond acceptors (Lipinski definition) is 4. The standard InChI is InChI=1S/C26H25N3O3/c1-18(27-17-16-19-8-12-22(30)13-9-19)24-25(20-10-14-23(32-2)15-11-20)28-29(26(24)31)21-6-4-3-5-7-21/h3-15,28,30H,16-17H2,1-2H3. The maximum atomic E-state index is 13.4. The molecule has 1 heterocycles. The molecule has 4 aromatic rings. The number of nitrogens with one attached hydrogen (secondary N) is 1. The van der Waals surface area contributed by atoms with Crippen LogP contribution >= 0.6 is 0 Å². The van der Waals surface area contributed by atoms with Gasteiger partial charge in [-0.1, -0.05) is 30.3 Å². The highest BCUT2D eigenvalue weighted by atomic mass is 16.5. The Labute approximate surface area is 186 Å². The molecule has 6 nitrogen and oxygen atoms in total. The second-order valence-corrected chi connectivity index (χ2v) is 7.45. The number of methoxy groups -OCH3 is 1. The Morgan fingerprint density at radius 1 is 1.00 bits per heavy atom. The molecule has 0 unspecified atom stereocenters. The molecule has 0 amide bonds. The van der Waals surface area contributed by atoms with Gasteiger partial charge in [-0.2, -0.15) is 0 Å². The van der Waals surface area contributed by atoms with Gasteiger partial charge >= 0.3 is 0 Å². The maximum absolute atomic E-state index is 13.4. The fourth-order valence-electron chi connectivity index (χ4n) is 3.59. The zero-order chi connectivity index (χ0) is 22.5. The number of aromatic amines is 1. The third-order valence-electron chi connectivity index (χ3n) is 5.33. The summed E-state index contributed by atoms with van der Waals surface area (Å²) >= 11 is 0. The molecule has 0 fully saturated rings. The van der Waals surface area contributed by atoms with Gasteiger partial charge in [0.25, 0.3) is 5.56 Å². The number of phenolic OH excluding ortho intramolecular Hbond substituents is 1. The van der Waals surface area contributed by atoms with Crippen molar-refractivity contribution in [3.63, 3.8) is 0 Å². The fraction of sp³-hybridized carbons (Fsp3) is 0.154. The van der Waals surface area contributed by atoms with E-state index in [4.69, 9.17) is 9.73 Å². The van der Waals surface area contributed by atoms with Crippen LogP contribution in [0.5, 0.6) is 11.5 Å². The lowest BCUT2D eigenvalue weighted by Crippen LogP contribution is -2.19. The number of aliphatic imine (C=N–C) groups is 1. The lowest BCUT2D eigenvalue weighted by Gasteiger charge is -2.05. The number of para-hydroxylation sites is 1. The van der Waals surface area contributed by atoms with E-state index < -0.39 is 0 Å². The second kappa shape index (κ2) is 9.39. The average molecular weight is 428 g/mol. The molecule has 0 spiro atoms. The van der Waals surface area contributed by atoms with Crippen molar-refractivity contribution in [2.24, 2.45) is 4.99 Å². The SMILES string of the molecule is COc1ccc(-c2[nH]n(-c3ccccc3)c(=O)c2C(C)=NCCc2ccc(O)cc2)cc1. The molecular weight excluding hydrogens is 402 g/mol. The first-order chi connectivity index (χ1) is 15.6. The van der Waals surface area contributed by atoms with Crippen LogP contribution in [0.4, 0.5) is 0 Å². The van der Waals surface area contributed by atoms with Gasteiger partial charge in [-0.05, 0) is 67.4 Å². The molecule has 2 N–H and O–H groups in total. The van der Waals surface area contributed by atoms with E-state index in [1.54, 1.807) is 23.9 Å². The van der Waals surface area contributed by atoms with Crippen LogP contribution in [0, 0.1) is 0 Å². The number of H-pyrrole nitrogens is 1. The molecule has 3 aromatic carbocycles. The van der Waals surface area contributed by atoms with E-state index in [0.717, 1.165) is 22.6 Å². The Morgan fingerprint density at radius 3 is 2.34 bits per heavy atom.